The van der Waals surface area contributed by atoms with Crippen molar-refractivity contribution in [3.05, 3.63) is 87.0 Å². The summed E-state index contributed by atoms with van der Waals surface area (Å²) in [6.07, 6.45) is -0.202. The predicted octanol–water partition coefficient (Wildman–Crippen LogP) is 3.96. The van der Waals surface area contributed by atoms with Crippen molar-refractivity contribution in [2.45, 2.75) is 23.2 Å². The molecule has 0 bridgehead atoms. The average Bonchev–Trinajstić information content (AvgIpc) is 2.72. The summed E-state index contributed by atoms with van der Waals surface area (Å²) in [6, 6.07) is 9.91. The van der Waals surface area contributed by atoms with Gasteiger partial charge in [-0.15, -0.1) is 0 Å². The standard InChI is InChI=1S/C21H16F3N3O2S/c1-27-19-17(13(9-16(28)25-19)12-6-4-8-15(23)18(12)24)20(29)26-21(27)30-10-11-5-2-3-7-14(11)22/h2-8,13H,9-10H2,1H3,(H,25,28)/t13-/m0/s1. The van der Waals surface area contributed by atoms with E-state index in [4.69, 9.17) is 0 Å². The maximum absolute atomic E-state index is 14.4. The van der Waals surface area contributed by atoms with Crippen molar-refractivity contribution in [2.75, 3.05) is 5.32 Å². The third-order valence-electron chi connectivity index (χ3n) is 4.97. The SMILES string of the molecule is Cn1c(SCc2ccccc2F)nc(=O)c2c1NC(=O)C[C@H]2c1cccc(F)c1F. The lowest BCUT2D eigenvalue weighted by Gasteiger charge is -2.27. The number of benzene rings is 2. The number of aromatic nitrogens is 2. The molecule has 2 heterocycles. The highest BCUT2D eigenvalue weighted by atomic mass is 32.2. The number of nitrogens with one attached hydrogen (secondary N) is 1. The first-order valence-electron chi connectivity index (χ1n) is 9.07. The zero-order valence-corrected chi connectivity index (χ0v) is 16.6. The van der Waals surface area contributed by atoms with Gasteiger partial charge in [-0.25, -0.2) is 13.2 Å². The van der Waals surface area contributed by atoms with E-state index in [-0.39, 0.29) is 40.1 Å². The van der Waals surface area contributed by atoms with Gasteiger partial charge in [0.25, 0.3) is 5.56 Å². The quantitative estimate of drug-likeness (QED) is 0.502. The lowest BCUT2D eigenvalue weighted by Crippen LogP contribution is -2.34. The summed E-state index contributed by atoms with van der Waals surface area (Å²) in [5.74, 6) is -3.51. The van der Waals surface area contributed by atoms with E-state index in [1.165, 1.54) is 22.8 Å². The van der Waals surface area contributed by atoms with E-state index >= 15 is 0 Å². The first-order valence-corrected chi connectivity index (χ1v) is 10.1. The number of nitrogens with zero attached hydrogens (tertiary/aromatic N) is 2. The Kier molecular flexibility index (Phi) is 5.38. The van der Waals surface area contributed by atoms with E-state index in [0.29, 0.717) is 5.56 Å². The second-order valence-electron chi connectivity index (χ2n) is 6.85. The Bertz CT molecular complexity index is 1210. The van der Waals surface area contributed by atoms with Crippen LogP contribution in [0.25, 0.3) is 0 Å². The molecule has 1 aliphatic rings. The number of carbonyl (C=O) groups is 1. The maximum Gasteiger partial charge on any atom is 0.279 e. The summed E-state index contributed by atoms with van der Waals surface area (Å²) < 4.78 is 43.5. The van der Waals surface area contributed by atoms with Crippen LogP contribution in [0, 0.1) is 17.5 Å². The van der Waals surface area contributed by atoms with E-state index < -0.39 is 29.0 Å². The summed E-state index contributed by atoms with van der Waals surface area (Å²) in [5, 5.41) is 2.90. The van der Waals surface area contributed by atoms with Gasteiger partial charge in [-0.1, -0.05) is 42.1 Å². The van der Waals surface area contributed by atoms with Gasteiger partial charge in [-0.05, 0) is 23.3 Å². The molecule has 30 heavy (non-hydrogen) atoms. The molecule has 2 aromatic carbocycles. The molecule has 4 rings (SSSR count). The predicted molar refractivity (Wildman–Crippen MR) is 107 cm³/mol. The van der Waals surface area contributed by atoms with Gasteiger partial charge in [0.15, 0.2) is 16.8 Å². The molecule has 154 valence electrons. The molecular weight excluding hydrogens is 415 g/mol. The fourth-order valence-corrected chi connectivity index (χ4v) is 4.43. The fraction of sp³-hybridized carbons (Fsp3) is 0.190. The van der Waals surface area contributed by atoms with Crippen LogP contribution in [-0.2, 0) is 17.6 Å². The van der Waals surface area contributed by atoms with Crippen LogP contribution in [0.2, 0.25) is 0 Å². The van der Waals surface area contributed by atoms with E-state index in [1.807, 2.05) is 0 Å². The molecule has 1 atom stereocenters. The van der Waals surface area contributed by atoms with Crippen LogP contribution in [0.15, 0.2) is 52.4 Å². The van der Waals surface area contributed by atoms with E-state index in [9.17, 15) is 22.8 Å². The number of hydrogen-bond acceptors (Lipinski definition) is 4. The van der Waals surface area contributed by atoms with Crippen molar-refractivity contribution in [2.24, 2.45) is 7.05 Å². The Morgan fingerprint density at radius 1 is 1.10 bits per heavy atom. The molecule has 0 unspecified atom stereocenters. The van der Waals surface area contributed by atoms with Crippen LogP contribution in [0.3, 0.4) is 0 Å². The highest BCUT2D eigenvalue weighted by Gasteiger charge is 2.34. The number of halogens is 3. The minimum Gasteiger partial charge on any atom is -0.312 e. The molecule has 0 radical (unpaired) electrons. The van der Waals surface area contributed by atoms with Crippen molar-refractivity contribution < 1.29 is 18.0 Å². The van der Waals surface area contributed by atoms with Crippen LogP contribution in [0.1, 0.15) is 29.0 Å². The number of rotatable bonds is 4. The summed E-state index contributed by atoms with van der Waals surface area (Å²) in [5.41, 5.74) is -0.181. The van der Waals surface area contributed by atoms with E-state index in [0.717, 1.165) is 17.8 Å². The Morgan fingerprint density at radius 3 is 2.60 bits per heavy atom. The minimum atomic E-state index is -1.09. The number of fused-ring (bicyclic) bond motifs is 1. The fourth-order valence-electron chi connectivity index (χ4n) is 3.48. The maximum atomic E-state index is 14.4. The number of thioether (sulfide) groups is 1. The van der Waals surface area contributed by atoms with Gasteiger partial charge in [0.05, 0.1) is 5.56 Å². The van der Waals surface area contributed by atoms with Gasteiger partial charge in [0.2, 0.25) is 5.91 Å². The van der Waals surface area contributed by atoms with Gasteiger partial charge in [0, 0.05) is 25.1 Å². The highest BCUT2D eigenvalue weighted by Crippen LogP contribution is 2.37. The second-order valence-corrected chi connectivity index (χ2v) is 7.79. The van der Waals surface area contributed by atoms with E-state index in [1.54, 1.807) is 25.2 Å². The highest BCUT2D eigenvalue weighted by molar-refractivity contribution is 7.98. The number of carbonyl (C=O) groups excluding carboxylic acids is 1. The minimum absolute atomic E-state index is 0.0724. The summed E-state index contributed by atoms with van der Waals surface area (Å²) in [6.45, 7) is 0. The van der Waals surface area contributed by atoms with Gasteiger partial charge in [-0.3, -0.25) is 9.59 Å². The van der Waals surface area contributed by atoms with Crippen LogP contribution in [0.5, 0.6) is 0 Å². The lowest BCUT2D eigenvalue weighted by atomic mass is 9.86. The third-order valence-corrected chi connectivity index (χ3v) is 6.05. The van der Waals surface area contributed by atoms with Crippen LogP contribution in [0.4, 0.5) is 19.0 Å². The number of hydrogen-bond donors (Lipinski definition) is 1. The molecule has 1 aromatic heterocycles. The third kappa shape index (κ3) is 3.60. The summed E-state index contributed by atoms with van der Waals surface area (Å²) in [4.78, 5) is 29.2. The topological polar surface area (TPSA) is 64.0 Å². The zero-order chi connectivity index (χ0) is 21.4. The van der Waals surface area contributed by atoms with E-state index in [2.05, 4.69) is 10.3 Å². The molecule has 1 amide bonds. The van der Waals surface area contributed by atoms with Crippen LogP contribution >= 0.6 is 11.8 Å². The van der Waals surface area contributed by atoms with Crippen molar-refractivity contribution >= 4 is 23.5 Å². The molecule has 5 nitrogen and oxygen atoms in total. The van der Waals surface area contributed by atoms with Crippen molar-refractivity contribution in [1.82, 2.24) is 9.55 Å². The zero-order valence-electron chi connectivity index (χ0n) is 15.8. The van der Waals surface area contributed by atoms with Crippen molar-refractivity contribution in [3.8, 4) is 0 Å². The summed E-state index contributed by atoms with van der Waals surface area (Å²) in [7, 11) is 1.60. The number of anilines is 1. The molecule has 0 saturated heterocycles. The van der Waals surface area contributed by atoms with Crippen LogP contribution < -0.4 is 10.9 Å². The largest absolute Gasteiger partial charge is 0.312 e. The Hall–Kier alpha value is -3.07. The molecule has 0 saturated carbocycles. The molecule has 3 aromatic rings. The molecule has 1 N–H and O–H groups in total. The Morgan fingerprint density at radius 2 is 1.83 bits per heavy atom. The van der Waals surface area contributed by atoms with Gasteiger partial charge >= 0.3 is 0 Å². The van der Waals surface area contributed by atoms with Gasteiger partial charge in [-0.2, -0.15) is 4.98 Å². The molecule has 0 aliphatic carbocycles. The lowest BCUT2D eigenvalue weighted by molar-refractivity contribution is -0.116. The monoisotopic (exact) mass is 431 g/mol. The van der Waals surface area contributed by atoms with Crippen molar-refractivity contribution in [1.29, 1.82) is 0 Å². The van der Waals surface area contributed by atoms with Gasteiger partial charge in [0.1, 0.15) is 11.6 Å². The molecule has 9 heteroatoms. The number of amides is 1. The van der Waals surface area contributed by atoms with Gasteiger partial charge < -0.3 is 9.88 Å². The summed E-state index contributed by atoms with van der Waals surface area (Å²) >= 11 is 1.13. The Balaban J connectivity index is 1.76. The molecule has 0 spiro atoms. The first kappa shape index (κ1) is 20.2. The molecular formula is C21H16F3N3O2S. The normalized spacial score (nSPS) is 15.6. The first-order chi connectivity index (χ1) is 14.4. The van der Waals surface area contributed by atoms with Crippen molar-refractivity contribution in [3.63, 3.8) is 0 Å². The second kappa shape index (κ2) is 7.98. The Labute approximate surface area is 174 Å². The average molecular weight is 431 g/mol. The molecule has 1 aliphatic heterocycles. The van der Waals surface area contributed by atoms with Crippen LogP contribution in [-0.4, -0.2) is 15.5 Å². The molecule has 0 fully saturated rings. The smallest absolute Gasteiger partial charge is 0.279 e.